The Morgan fingerprint density at radius 3 is 2.54 bits per heavy atom. The second-order valence-corrected chi connectivity index (χ2v) is 7.67. The van der Waals surface area contributed by atoms with Crippen LogP contribution in [0.3, 0.4) is 0 Å². The van der Waals surface area contributed by atoms with Gasteiger partial charge in [0, 0.05) is 18.0 Å². The van der Waals surface area contributed by atoms with Crippen LogP contribution in [0, 0.1) is 6.92 Å². The van der Waals surface area contributed by atoms with Crippen molar-refractivity contribution in [1.29, 1.82) is 0 Å². The summed E-state index contributed by atoms with van der Waals surface area (Å²) >= 11 is 1.83. The topological polar surface area (TPSA) is 32.3 Å². The van der Waals surface area contributed by atoms with Gasteiger partial charge in [-0.25, -0.2) is 4.79 Å². The highest BCUT2D eigenvalue weighted by Gasteiger charge is 2.30. The van der Waals surface area contributed by atoms with E-state index in [1.165, 1.54) is 11.1 Å². The minimum Gasteiger partial charge on any atom is -0.308 e. The first kappa shape index (κ1) is 16.9. The van der Waals surface area contributed by atoms with Gasteiger partial charge >= 0.3 is 6.03 Å². The van der Waals surface area contributed by atoms with Gasteiger partial charge in [-0.15, -0.1) is 11.8 Å². The zero-order valence-electron chi connectivity index (χ0n) is 14.5. The molecule has 3 rings (SSSR count). The van der Waals surface area contributed by atoms with E-state index in [1.54, 1.807) is 0 Å². The number of benzene rings is 2. The molecule has 24 heavy (non-hydrogen) atoms. The molecule has 2 amide bonds. The maximum Gasteiger partial charge on any atom is 0.323 e. The molecule has 1 unspecified atom stereocenters. The number of nitrogens with one attached hydrogen (secondary N) is 1. The number of rotatable bonds is 3. The maximum absolute atomic E-state index is 12.7. The predicted molar refractivity (Wildman–Crippen MR) is 103 cm³/mol. The van der Waals surface area contributed by atoms with E-state index in [4.69, 9.17) is 0 Å². The van der Waals surface area contributed by atoms with Crippen LogP contribution < -0.4 is 5.32 Å². The van der Waals surface area contributed by atoms with Gasteiger partial charge in [0.05, 0.1) is 0 Å². The SMILES string of the molecule is Cc1ccccc1NC(=O)N1CCSC1c1ccc(C(C)C)cc1. The molecule has 1 aliphatic rings. The van der Waals surface area contributed by atoms with Gasteiger partial charge < -0.3 is 10.2 Å². The summed E-state index contributed by atoms with van der Waals surface area (Å²) in [5.74, 6) is 1.49. The van der Waals surface area contributed by atoms with Crippen LogP contribution in [0.2, 0.25) is 0 Å². The van der Waals surface area contributed by atoms with Crippen LogP contribution in [0.4, 0.5) is 10.5 Å². The third-order valence-corrected chi connectivity index (χ3v) is 5.69. The monoisotopic (exact) mass is 340 g/mol. The number of hydrogen-bond acceptors (Lipinski definition) is 2. The summed E-state index contributed by atoms with van der Waals surface area (Å²) in [4.78, 5) is 14.7. The zero-order chi connectivity index (χ0) is 17.1. The van der Waals surface area contributed by atoms with E-state index in [1.807, 2.05) is 47.9 Å². The number of carbonyl (C=O) groups excluding carboxylic acids is 1. The van der Waals surface area contributed by atoms with Gasteiger partial charge in [0.2, 0.25) is 0 Å². The van der Waals surface area contributed by atoms with Gasteiger partial charge in [0.25, 0.3) is 0 Å². The van der Waals surface area contributed by atoms with E-state index in [0.29, 0.717) is 5.92 Å². The average molecular weight is 340 g/mol. The second kappa shape index (κ2) is 7.31. The summed E-state index contributed by atoms with van der Waals surface area (Å²) in [6.45, 7) is 7.18. The first-order chi connectivity index (χ1) is 11.6. The van der Waals surface area contributed by atoms with E-state index in [9.17, 15) is 4.79 Å². The predicted octanol–water partition coefficient (Wildman–Crippen LogP) is 5.40. The van der Waals surface area contributed by atoms with Gasteiger partial charge in [0.1, 0.15) is 5.37 Å². The van der Waals surface area contributed by atoms with Crippen molar-refractivity contribution in [2.24, 2.45) is 0 Å². The fourth-order valence-electron chi connectivity index (χ4n) is 2.90. The van der Waals surface area contributed by atoms with Crippen LogP contribution in [0.1, 0.15) is 41.8 Å². The summed E-state index contributed by atoms with van der Waals surface area (Å²) in [5.41, 5.74) is 4.49. The standard InChI is InChI=1S/C20H24N2OS/c1-14(2)16-8-10-17(11-9-16)19-22(12-13-24-19)20(23)21-18-7-5-4-6-15(18)3/h4-11,14,19H,12-13H2,1-3H3,(H,21,23). The smallest absolute Gasteiger partial charge is 0.308 e. The fraction of sp³-hybridized carbons (Fsp3) is 0.350. The average Bonchev–Trinajstić information content (AvgIpc) is 3.07. The molecular weight excluding hydrogens is 316 g/mol. The summed E-state index contributed by atoms with van der Waals surface area (Å²) < 4.78 is 0. The third-order valence-electron chi connectivity index (χ3n) is 4.43. The molecule has 1 saturated heterocycles. The molecule has 1 atom stereocenters. The second-order valence-electron chi connectivity index (χ2n) is 6.48. The highest BCUT2D eigenvalue weighted by Crippen LogP contribution is 2.38. The Morgan fingerprint density at radius 1 is 1.17 bits per heavy atom. The van der Waals surface area contributed by atoms with E-state index in [0.717, 1.165) is 23.5 Å². The molecule has 2 aromatic rings. The summed E-state index contributed by atoms with van der Waals surface area (Å²) in [5, 5.41) is 3.15. The number of thioether (sulfide) groups is 1. The van der Waals surface area contributed by atoms with E-state index >= 15 is 0 Å². The molecular formula is C20H24N2OS. The van der Waals surface area contributed by atoms with Crippen molar-refractivity contribution >= 4 is 23.5 Å². The normalized spacial score (nSPS) is 17.3. The van der Waals surface area contributed by atoms with Gasteiger partial charge in [-0.2, -0.15) is 0 Å². The number of anilines is 1. The summed E-state index contributed by atoms with van der Waals surface area (Å²) in [6, 6.07) is 16.5. The van der Waals surface area contributed by atoms with Crippen molar-refractivity contribution in [3.8, 4) is 0 Å². The maximum atomic E-state index is 12.7. The van der Waals surface area contributed by atoms with Crippen LogP contribution in [0.15, 0.2) is 48.5 Å². The first-order valence-electron chi connectivity index (χ1n) is 8.41. The first-order valence-corrected chi connectivity index (χ1v) is 9.46. The lowest BCUT2D eigenvalue weighted by molar-refractivity contribution is 0.214. The lowest BCUT2D eigenvalue weighted by Gasteiger charge is -2.25. The summed E-state index contributed by atoms with van der Waals surface area (Å²) in [6.07, 6.45) is 0. The van der Waals surface area contributed by atoms with E-state index < -0.39 is 0 Å². The lowest BCUT2D eigenvalue weighted by Crippen LogP contribution is -2.34. The molecule has 1 fully saturated rings. The number of nitrogens with zero attached hydrogens (tertiary/aromatic N) is 1. The Morgan fingerprint density at radius 2 is 1.88 bits per heavy atom. The molecule has 0 aliphatic carbocycles. The molecule has 0 spiro atoms. The molecule has 0 aromatic heterocycles. The molecule has 126 valence electrons. The molecule has 0 bridgehead atoms. The largest absolute Gasteiger partial charge is 0.323 e. The van der Waals surface area contributed by atoms with Gasteiger partial charge in [-0.3, -0.25) is 0 Å². The number of hydrogen-bond donors (Lipinski definition) is 1. The van der Waals surface area contributed by atoms with Gasteiger partial charge in [-0.05, 0) is 35.6 Å². The molecule has 1 N–H and O–H groups in total. The van der Waals surface area contributed by atoms with Crippen LogP contribution in [0.5, 0.6) is 0 Å². The molecule has 0 radical (unpaired) electrons. The highest BCUT2D eigenvalue weighted by atomic mass is 32.2. The molecule has 0 saturated carbocycles. The fourth-order valence-corrected chi connectivity index (χ4v) is 4.16. The Hall–Kier alpha value is -1.94. The highest BCUT2D eigenvalue weighted by molar-refractivity contribution is 7.99. The molecule has 1 aliphatic heterocycles. The van der Waals surface area contributed by atoms with E-state index in [2.05, 4.69) is 43.4 Å². The van der Waals surface area contributed by atoms with Crippen LogP contribution in [-0.2, 0) is 0 Å². The van der Waals surface area contributed by atoms with Crippen molar-refractivity contribution in [3.05, 3.63) is 65.2 Å². The van der Waals surface area contributed by atoms with Crippen LogP contribution >= 0.6 is 11.8 Å². The molecule has 2 aromatic carbocycles. The zero-order valence-corrected chi connectivity index (χ0v) is 15.3. The number of amides is 2. The van der Waals surface area contributed by atoms with Crippen molar-refractivity contribution in [3.63, 3.8) is 0 Å². The Balaban J connectivity index is 1.75. The van der Waals surface area contributed by atoms with E-state index in [-0.39, 0.29) is 11.4 Å². The van der Waals surface area contributed by atoms with Crippen molar-refractivity contribution in [1.82, 2.24) is 4.90 Å². The number of carbonyl (C=O) groups is 1. The van der Waals surface area contributed by atoms with Crippen molar-refractivity contribution < 1.29 is 4.79 Å². The Bertz CT molecular complexity index is 712. The van der Waals surface area contributed by atoms with Crippen LogP contribution in [0.25, 0.3) is 0 Å². The number of para-hydroxylation sites is 1. The van der Waals surface area contributed by atoms with Crippen molar-refractivity contribution in [2.75, 3.05) is 17.6 Å². The molecule has 3 nitrogen and oxygen atoms in total. The van der Waals surface area contributed by atoms with Gasteiger partial charge in [-0.1, -0.05) is 56.3 Å². The number of aryl methyl sites for hydroxylation is 1. The van der Waals surface area contributed by atoms with Crippen molar-refractivity contribution in [2.45, 2.75) is 32.1 Å². The van der Waals surface area contributed by atoms with Crippen LogP contribution in [-0.4, -0.2) is 23.2 Å². The molecule has 4 heteroatoms. The molecule has 1 heterocycles. The lowest BCUT2D eigenvalue weighted by atomic mass is 10.0. The quantitative estimate of drug-likeness (QED) is 0.811. The third kappa shape index (κ3) is 3.59. The van der Waals surface area contributed by atoms with Gasteiger partial charge in [0.15, 0.2) is 0 Å². The Labute approximate surface area is 148 Å². The summed E-state index contributed by atoms with van der Waals surface area (Å²) in [7, 11) is 0. The Kier molecular flexibility index (Phi) is 5.14. The minimum absolute atomic E-state index is 0.0211. The minimum atomic E-state index is -0.0211. The number of urea groups is 1.